The summed E-state index contributed by atoms with van der Waals surface area (Å²) < 4.78 is 2.46. The Kier molecular flexibility index (Phi) is 3.40. The van der Waals surface area contributed by atoms with Crippen LogP contribution in [0, 0.1) is 0 Å². The van der Waals surface area contributed by atoms with E-state index in [1.807, 2.05) is 0 Å². The summed E-state index contributed by atoms with van der Waals surface area (Å²) in [6.07, 6.45) is 0. The molecule has 32 heavy (non-hydrogen) atoms. The zero-order valence-corrected chi connectivity index (χ0v) is 18.3. The summed E-state index contributed by atoms with van der Waals surface area (Å²) in [5.41, 5.74) is 9.23. The number of nitrogens with zero attached hydrogens (tertiary/aromatic N) is 1. The van der Waals surface area contributed by atoms with Crippen molar-refractivity contribution in [3.05, 3.63) is 114 Å². The molecule has 1 aliphatic rings. The molecule has 6 aromatic rings. The summed E-state index contributed by atoms with van der Waals surface area (Å²) in [5, 5.41) is 5.33. The van der Waals surface area contributed by atoms with Crippen LogP contribution >= 0.6 is 0 Å². The highest BCUT2D eigenvalue weighted by molar-refractivity contribution is 6.18. The molecule has 0 aliphatic heterocycles. The lowest BCUT2D eigenvalue weighted by Crippen LogP contribution is -2.24. The average Bonchev–Trinajstić information content (AvgIpc) is 3.17. The summed E-state index contributed by atoms with van der Waals surface area (Å²) in [6.45, 7) is 4.75. The second kappa shape index (κ2) is 6.11. The van der Waals surface area contributed by atoms with Crippen LogP contribution in [0.2, 0.25) is 0 Å². The first-order chi connectivity index (χ1) is 15.7. The predicted octanol–water partition coefficient (Wildman–Crippen LogP) is 8.24. The van der Waals surface area contributed by atoms with Crippen molar-refractivity contribution in [2.75, 3.05) is 0 Å². The molecule has 0 radical (unpaired) electrons. The van der Waals surface area contributed by atoms with Crippen molar-refractivity contribution in [3.8, 4) is 16.8 Å². The molecule has 1 aliphatic carbocycles. The van der Waals surface area contributed by atoms with Gasteiger partial charge in [-0.1, -0.05) is 98.8 Å². The molecule has 7 rings (SSSR count). The molecule has 0 spiro atoms. The van der Waals surface area contributed by atoms with Crippen LogP contribution in [0.3, 0.4) is 0 Å². The number of aromatic nitrogens is 1. The topological polar surface area (TPSA) is 4.93 Å². The van der Waals surface area contributed by atoms with Crippen LogP contribution in [0.15, 0.2) is 103 Å². The van der Waals surface area contributed by atoms with Crippen LogP contribution in [0.25, 0.3) is 49.4 Å². The lowest BCUT2D eigenvalue weighted by molar-refractivity contribution is 0.646. The summed E-state index contributed by atoms with van der Waals surface area (Å²) in [6, 6.07) is 37.8. The van der Waals surface area contributed by atoms with Crippen LogP contribution in [-0.4, -0.2) is 4.57 Å². The minimum atomic E-state index is -0.0740. The van der Waals surface area contributed by atoms with Gasteiger partial charge in [0.05, 0.1) is 11.0 Å². The van der Waals surface area contributed by atoms with Gasteiger partial charge in [0.25, 0.3) is 0 Å². The third-order valence-electron chi connectivity index (χ3n) is 7.37. The second-order valence-corrected chi connectivity index (χ2v) is 9.41. The minimum Gasteiger partial charge on any atom is -0.309 e. The van der Waals surface area contributed by atoms with E-state index in [1.54, 1.807) is 0 Å². The number of fused-ring (bicyclic) bond motifs is 6. The van der Waals surface area contributed by atoms with E-state index in [2.05, 4.69) is 122 Å². The molecule has 0 bridgehead atoms. The molecule has 0 saturated carbocycles. The van der Waals surface area contributed by atoms with E-state index in [0.717, 1.165) is 0 Å². The van der Waals surface area contributed by atoms with E-state index >= 15 is 0 Å². The van der Waals surface area contributed by atoms with Gasteiger partial charge in [-0.05, 0) is 45.7 Å². The molecule has 0 atom stereocenters. The first-order valence-electron chi connectivity index (χ1n) is 11.3. The van der Waals surface area contributed by atoms with Gasteiger partial charge in [-0.2, -0.15) is 0 Å². The molecule has 1 heterocycles. The zero-order valence-electron chi connectivity index (χ0n) is 18.3. The third-order valence-corrected chi connectivity index (χ3v) is 7.37. The highest BCUT2D eigenvalue weighted by Crippen LogP contribution is 2.52. The Bertz CT molecular complexity index is 1680. The quantitative estimate of drug-likeness (QED) is 0.258. The lowest BCUT2D eigenvalue weighted by atomic mass is 9.68. The van der Waals surface area contributed by atoms with Gasteiger partial charge in [-0.15, -0.1) is 0 Å². The normalized spacial score (nSPS) is 14.2. The Hall–Kier alpha value is -3.84. The van der Waals surface area contributed by atoms with Crippen molar-refractivity contribution in [2.45, 2.75) is 19.3 Å². The van der Waals surface area contributed by atoms with Gasteiger partial charge in [0.1, 0.15) is 0 Å². The third kappa shape index (κ3) is 2.13. The molecule has 1 nitrogen and oxygen atoms in total. The molecular formula is C31H23N. The van der Waals surface area contributed by atoms with E-state index in [0.29, 0.717) is 0 Å². The summed E-state index contributed by atoms with van der Waals surface area (Å²) >= 11 is 0. The van der Waals surface area contributed by atoms with Crippen LogP contribution in [0.5, 0.6) is 0 Å². The van der Waals surface area contributed by atoms with Gasteiger partial charge in [0, 0.05) is 27.4 Å². The molecule has 0 saturated heterocycles. The maximum absolute atomic E-state index is 2.46. The minimum absolute atomic E-state index is 0.0740. The Morgan fingerprint density at radius 2 is 1.34 bits per heavy atom. The van der Waals surface area contributed by atoms with E-state index in [4.69, 9.17) is 0 Å². The summed E-state index contributed by atoms with van der Waals surface area (Å²) in [4.78, 5) is 0. The van der Waals surface area contributed by atoms with Crippen molar-refractivity contribution in [1.29, 1.82) is 0 Å². The van der Waals surface area contributed by atoms with Crippen LogP contribution < -0.4 is 0 Å². The van der Waals surface area contributed by atoms with Crippen molar-refractivity contribution < 1.29 is 0 Å². The predicted molar refractivity (Wildman–Crippen MR) is 136 cm³/mol. The lowest BCUT2D eigenvalue weighted by Gasteiger charge is -2.35. The number of hydrogen-bond acceptors (Lipinski definition) is 0. The molecule has 0 N–H and O–H groups in total. The Morgan fingerprint density at radius 1 is 0.594 bits per heavy atom. The van der Waals surface area contributed by atoms with Crippen molar-refractivity contribution in [2.24, 2.45) is 0 Å². The average molecular weight is 410 g/mol. The maximum Gasteiger partial charge on any atom is 0.0622 e. The highest BCUT2D eigenvalue weighted by atomic mass is 15.0. The van der Waals surface area contributed by atoms with Gasteiger partial charge in [0.15, 0.2) is 0 Å². The Morgan fingerprint density at radius 3 is 2.19 bits per heavy atom. The number of para-hydroxylation sites is 2. The molecular weight excluding hydrogens is 386 g/mol. The van der Waals surface area contributed by atoms with E-state index in [9.17, 15) is 0 Å². The summed E-state index contributed by atoms with van der Waals surface area (Å²) in [7, 11) is 0. The van der Waals surface area contributed by atoms with Gasteiger partial charge < -0.3 is 4.57 Å². The van der Waals surface area contributed by atoms with Crippen molar-refractivity contribution in [1.82, 2.24) is 4.57 Å². The first kappa shape index (κ1) is 17.8. The molecule has 1 aromatic heterocycles. The zero-order chi connectivity index (χ0) is 21.4. The fourth-order valence-electron chi connectivity index (χ4n) is 5.91. The smallest absolute Gasteiger partial charge is 0.0622 e. The number of benzene rings is 5. The SMILES string of the molecule is CC1(C)c2ccc3c4ccccc4n(-c4ccccc4)c3c2-c2cccc3cccc1c23. The fraction of sp³-hybridized carbons (Fsp3) is 0.0968. The van der Waals surface area contributed by atoms with Crippen LogP contribution in [0.4, 0.5) is 0 Å². The molecule has 0 amide bonds. The molecule has 5 aromatic carbocycles. The Labute approximate surface area is 187 Å². The van der Waals surface area contributed by atoms with Gasteiger partial charge in [0.2, 0.25) is 0 Å². The van der Waals surface area contributed by atoms with Gasteiger partial charge in [-0.25, -0.2) is 0 Å². The summed E-state index contributed by atoms with van der Waals surface area (Å²) in [5.74, 6) is 0. The van der Waals surface area contributed by atoms with E-state index < -0.39 is 0 Å². The monoisotopic (exact) mass is 409 g/mol. The molecule has 0 fully saturated rings. The number of hydrogen-bond donors (Lipinski definition) is 0. The largest absolute Gasteiger partial charge is 0.309 e. The van der Waals surface area contributed by atoms with Crippen molar-refractivity contribution in [3.63, 3.8) is 0 Å². The number of rotatable bonds is 1. The van der Waals surface area contributed by atoms with Crippen molar-refractivity contribution >= 4 is 32.6 Å². The standard InChI is InChI=1S/C31H23N/c1-31(2)25-16-9-11-20-10-8-15-24(28(20)25)29-26(31)19-18-23-22-14-6-7-17-27(22)32(30(23)29)21-12-4-3-5-13-21/h3-19H,1-2H3. The highest BCUT2D eigenvalue weighted by Gasteiger charge is 2.35. The first-order valence-corrected chi connectivity index (χ1v) is 11.3. The molecule has 1 heteroatoms. The van der Waals surface area contributed by atoms with Gasteiger partial charge >= 0.3 is 0 Å². The van der Waals surface area contributed by atoms with E-state index in [1.165, 1.54) is 60.5 Å². The molecule has 0 unspecified atom stereocenters. The van der Waals surface area contributed by atoms with Crippen LogP contribution in [-0.2, 0) is 5.41 Å². The maximum atomic E-state index is 2.46. The van der Waals surface area contributed by atoms with Crippen LogP contribution in [0.1, 0.15) is 25.0 Å². The Balaban J connectivity index is 1.78. The second-order valence-electron chi connectivity index (χ2n) is 9.41. The fourth-order valence-corrected chi connectivity index (χ4v) is 5.91. The van der Waals surface area contributed by atoms with E-state index in [-0.39, 0.29) is 5.41 Å². The molecule has 152 valence electrons. The van der Waals surface area contributed by atoms with Gasteiger partial charge in [-0.3, -0.25) is 0 Å².